The first-order valence-corrected chi connectivity index (χ1v) is 8.04. The minimum absolute atomic E-state index is 0.150. The number of thioether (sulfide) groups is 1. The van der Waals surface area contributed by atoms with Gasteiger partial charge in [0.15, 0.2) is 0 Å². The van der Waals surface area contributed by atoms with Crippen LogP contribution in [0.1, 0.15) is 44.9 Å². The fourth-order valence-electron chi connectivity index (χ4n) is 2.43. The quantitative estimate of drug-likeness (QED) is 0.724. The number of nitrogens with zero attached hydrogens (tertiary/aromatic N) is 1. The number of piperidine rings is 1. The van der Waals surface area contributed by atoms with Crippen LogP contribution in [-0.2, 0) is 9.59 Å². The van der Waals surface area contributed by atoms with Gasteiger partial charge in [-0.3, -0.25) is 9.59 Å². The van der Waals surface area contributed by atoms with E-state index in [1.54, 1.807) is 11.8 Å². The second-order valence-corrected chi connectivity index (χ2v) is 5.75. The van der Waals surface area contributed by atoms with E-state index in [-0.39, 0.29) is 18.4 Å². The lowest BCUT2D eigenvalue weighted by molar-refractivity contribution is -0.140. The normalized spacial score (nSPS) is 19.8. The Morgan fingerprint density at radius 3 is 2.78 bits per heavy atom. The van der Waals surface area contributed by atoms with Crippen LogP contribution >= 0.6 is 11.8 Å². The number of carboxylic acids is 1. The topological polar surface area (TPSA) is 57.6 Å². The Balaban J connectivity index is 2.42. The molecule has 0 aliphatic carbocycles. The summed E-state index contributed by atoms with van der Waals surface area (Å²) in [4.78, 5) is 24.6. The maximum atomic E-state index is 12.1. The summed E-state index contributed by atoms with van der Waals surface area (Å²) in [6.45, 7) is 0.808. The molecular formula is C13H23NO3S. The molecule has 0 spiro atoms. The number of carbonyl (C=O) groups excluding carboxylic acids is 1. The van der Waals surface area contributed by atoms with E-state index >= 15 is 0 Å². The van der Waals surface area contributed by atoms with Crippen LogP contribution in [0, 0.1) is 0 Å². The van der Waals surface area contributed by atoms with Crippen LogP contribution < -0.4 is 0 Å². The molecule has 5 heteroatoms. The van der Waals surface area contributed by atoms with E-state index in [0.29, 0.717) is 12.8 Å². The van der Waals surface area contributed by atoms with Crippen LogP contribution in [0.15, 0.2) is 0 Å². The Morgan fingerprint density at radius 1 is 1.33 bits per heavy atom. The van der Waals surface area contributed by atoms with Crippen molar-refractivity contribution < 1.29 is 14.7 Å². The molecule has 1 amide bonds. The molecule has 0 saturated carbocycles. The highest BCUT2D eigenvalue weighted by atomic mass is 32.2. The van der Waals surface area contributed by atoms with Crippen molar-refractivity contribution in [1.29, 1.82) is 0 Å². The van der Waals surface area contributed by atoms with E-state index in [1.165, 1.54) is 0 Å². The summed E-state index contributed by atoms with van der Waals surface area (Å²) < 4.78 is 0. The standard InChI is InChI=1S/C13H23NO3S/c1-18-10-4-6-12(15)14-9-3-2-5-11(14)7-8-13(16)17/h11H,2-10H2,1H3,(H,16,17)/t11-/m0/s1. The molecule has 1 heterocycles. The third-order valence-electron chi connectivity index (χ3n) is 3.38. The largest absolute Gasteiger partial charge is 0.481 e. The zero-order valence-corrected chi connectivity index (χ0v) is 11.9. The average Bonchev–Trinajstić information content (AvgIpc) is 2.37. The number of hydrogen-bond acceptors (Lipinski definition) is 3. The van der Waals surface area contributed by atoms with Gasteiger partial charge in [-0.25, -0.2) is 0 Å². The van der Waals surface area contributed by atoms with Gasteiger partial charge in [0, 0.05) is 25.4 Å². The molecule has 1 aliphatic rings. The van der Waals surface area contributed by atoms with Crippen molar-refractivity contribution in [2.75, 3.05) is 18.6 Å². The minimum Gasteiger partial charge on any atom is -0.481 e. The molecule has 0 radical (unpaired) electrons. The fourth-order valence-corrected chi connectivity index (χ4v) is 2.86. The number of amides is 1. The SMILES string of the molecule is CSCCCC(=O)N1CCCC[C@H]1CCC(=O)O. The smallest absolute Gasteiger partial charge is 0.303 e. The van der Waals surface area contributed by atoms with E-state index in [4.69, 9.17) is 5.11 Å². The van der Waals surface area contributed by atoms with Gasteiger partial charge in [0.1, 0.15) is 0 Å². The van der Waals surface area contributed by atoms with Crippen LogP contribution in [0.4, 0.5) is 0 Å². The first kappa shape index (κ1) is 15.3. The molecule has 18 heavy (non-hydrogen) atoms. The fraction of sp³-hybridized carbons (Fsp3) is 0.846. The van der Waals surface area contributed by atoms with Crippen molar-refractivity contribution in [2.45, 2.75) is 51.0 Å². The molecule has 1 fully saturated rings. The van der Waals surface area contributed by atoms with E-state index in [0.717, 1.165) is 38.0 Å². The van der Waals surface area contributed by atoms with Crippen LogP contribution in [0.3, 0.4) is 0 Å². The summed E-state index contributed by atoms with van der Waals surface area (Å²) in [5, 5.41) is 8.74. The molecule has 1 aliphatic heterocycles. The number of aliphatic carboxylic acids is 1. The molecule has 1 atom stereocenters. The second-order valence-electron chi connectivity index (χ2n) is 4.77. The number of rotatable bonds is 7. The van der Waals surface area contributed by atoms with Crippen molar-refractivity contribution in [3.63, 3.8) is 0 Å². The number of likely N-dealkylation sites (tertiary alicyclic amines) is 1. The number of carbonyl (C=O) groups is 2. The van der Waals surface area contributed by atoms with Gasteiger partial charge in [-0.15, -0.1) is 0 Å². The van der Waals surface area contributed by atoms with Crippen molar-refractivity contribution in [1.82, 2.24) is 4.90 Å². The van der Waals surface area contributed by atoms with E-state index in [9.17, 15) is 9.59 Å². The van der Waals surface area contributed by atoms with E-state index in [2.05, 4.69) is 0 Å². The van der Waals surface area contributed by atoms with Gasteiger partial charge in [-0.2, -0.15) is 11.8 Å². The number of carboxylic acid groups (broad SMARTS) is 1. The van der Waals surface area contributed by atoms with Crippen LogP contribution in [0.25, 0.3) is 0 Å². The van der Waals surface area contributed by atoms with Gasteiger partial charge < -0.3 is 10.0 Å². The number of hydrogen-bond donors (Lipinski definition) is 1. The van der Waals surface area contributed by atoms with Gasteiger partial charge in [0.05, 0.1) is 0 Å². The Bertz CT molecular complexity index is 283. The summed E-state index contributed by atoms with van der Waals surface area (Å²) >= 11 is 1.76. The lowest BCUT2D eigenvalue weighted by Crippen LogP contribution is -2.43. The summed E-state index contributed by atoms with van der Waals surface area (Å²) in [7, 11) is 0. The predicted molar refractivity (Wildman–Crippen MR) is 73.8 cm³/mol. The summed E-state index contributed by atoms with van der Waals surface area (Å²) in [5.74, 6) is 0.453. The first-order valence-electron chi connectivity index (χ1n) is 6.65. The highest BCUT2D eigenvalue weighted by Crippen LogP contribution is 2.22. The Hall–Kier alpha value is -0.710. The molecule has 1 rings (SSSR count). The van der Waals surface area contributed by atoms with E-state index in [1.807, 2.05) is 11.2 Å². The third kappa shape index (κ3) is 5.29. The molecule has 1 N–H and O–H groups in total. The Kier molecular flexibility index (Phi) is 7.16. The van der Waals surface area contributed by atoms with Crippen molar-refractivity contribution in [2.24, 2.45) is 0 Å². The first-order chi connectivity index (χ1) is 8.65. The van der Waals surface area contributed by atoms with Gasteiger partial charge in [0.25, 0.3) is 0 Å². The summed E-state index contributed by atoms with van der Waals surface area (Å²) in [5.41, 5.74) is 0. The monoisotopic (exact) mass is 273 g/mol. The van der Waals surface area contributed by atoms with Gasteiger partial charge >= 0.3 is 5.97 Å². The maximum Gasteiger partial charge on any atom is 0.303 e. The molecular weight excluding hydrogens is 250 g/mol. The van der Waals surface area contributed by atoms with Crippen molar-refractivity contribution in [3.05, 3.63) is 0 Å². The molecule has 0 unspecified atom stereocenters. The van der Waals surface area contributed by atoms with Gasteiger partial charge in [-0.05, 0) is 44.1 Å². The molecule has 4 nitrogen and oxygen atoms in total. The molecule has 0 aromatic rings. The molecule has 104 valence electrons. The molecule has 0 aromatic carbocycles. The summed E-state index contributed by atoms with van der Waals surface area (Å²) in [6, 6.07) is 0.150. The molecule has 1 saturated heterocycles. The Labute approximate surface area is 113 Å². The predicted octanol–water partition coefficient (Wildman–Crippen LogP) is 2.38. The third-order valence-corrected chi connectivity index (χ3v) is 4.07. The lowest BCUT2D eigenvalue weighted by Gasteiger charge is -2.35. The highest BCUT2D eigenvalue weighted by Gasteiger charge is 2.26. The van der Waals surface area contributed by atoms with Gasteiger partial charge in [-0.1, -0.05) is 0 Å². The van der Waals surface area contributed by atoms with Crippen LogP contribution in [0.2, 0.25) is 0 Å². The zero-order valence-electron chi connectivity index (χ0n) is 11.1. The van der Waals surface area contributed by atoms with Gasteiger partial charge in [0.2, 0.25) is 5.91 Å². The second kappa shape index (κ2) is 8.40. The van der Waals surface area contributed by atoms with Crippen LogP contribution in [0.5, 0.6) is 0 Å². The highest BCUT2D eigenvalue weighted by molar-refractivity contribution is 7.98. The Morgan fingerprint density at radius 2 is 2.11 bits per heavy atom. The average molecular weight is 273 g/mol. The van der Waals surface area contributed by atoms with Crippen molar-refractivity contribution >= 4 is 23.6 Å². The summed E-state index contributed by atoms with van der Waals surface area (Å²) in [6.07, 6.45) is 7.45. The van der Waals surface area contributed by atoms with Crippen LogP contribution in [-0.4, -0.2) is 46.5 Å². The zero-order chi connectivity index (χ0) is 13.4. The lowest BCUT2D eigenvalue weighted by atomic mass is 9.97. The molecule has 0 bridgehead atoms. The van der Waals surface area contributed by atoms with E-state index < -0.39 is 5.97 Å². The van der Waals surface area contributed by atoms with Crippen molar-refractivity contribution in [3.8, 4) is 0 Å². The maximum absolute atomic E-state index is 12.1. The molecule has 0 aromatic heterocycles. The minimum atomic E-state index is -0.768.